The maximum Gasteiger partial charge on any atom is 0.246 e. The number of Topliss-reactive ketones (excluding diaryl/α,β-unsaturated/α-hetero) is 1. The predicted molar refractivity (Wildman–Crippen MR) is 86.8 cm³/mol. The van der Waals surface area contributed by atoms with Gasteiger partial charge in [-0.2, -0.15) is 0 Å². The van der Waals surface area contributed by atoms with Crippen LogP contribution in [0.15, 0.2) is 12.3 Å². The third-order valence-corrected chi connectivity index (χ3v) is 4.49. The van der Waals surface area contributed by atoms with Gasteiger partial charge in [-0.3, -0.25) is 14.6 Å². The van der Waals surface area contributed by atoms with E-state index >= 15 is 0 Å². The van der Waals surface area contributed by atoms with Crippen molar-refractivity contribution in [2.75, 3.05) is 13.1 Å². The minimum Gasteiger partial charge on any atom is -0.314 e. The molecule has 5 nitrogen and oxygen atoms in total. The van der Waals surface area contributed by atoms with Crippen molar-refractivity contribution >= 4 is 11.7 Å². The molecule has 0 saturated carbocycles. The zero-order valence-corrected chi connectivity index (χ0v) is 14.3. The molecule has 124 valence electrons. The fraction of sp³-hybridized carbons (Fsp3) is 0.765. The second-order valence-electron chi connectivity index (χ2n) is 7.05. The van der Waals surface area contributed by atoms with Gasteiger partial charge in [0.1, 0.15) is 6.04 Å². The first-order valence-corrected chi connectivity index (χ1v) is 8.38. The van der Waals surface area contributed by atoms with Crippen LogP contribution in [-0.4, -0.2) is 46.9 Å². The van der Waals surface area contributed by atoms with Gasteiger partial charge in [0.25, 0.3) is 0 Å². The highest BCUT2D eigenvalue weighted by atomic mass is 16.2. The Kier molecular flexibility index (Phi) is 5.27. The minimum absolute atomic E-state index is 0.0554. The highest BCUT2D eigenvalue weighted by Crippen LogP contribution is 2.33. The molecule has 2 atom stereocenters. The van der Waals surface area contributed by atoms with Crippen LogP contribution in [0.1, 0.15) is 47.0 Å². The van der Waals surface area contributed by atoms with E-state index in [0.717, 1.165) is 25.1 Å². The number of nitrogens with zero attached hydrogens (tertiary/aromatic N) is 2. The van der Waals surface area contributed by atoms with Gasteiger partial charge in [0.2, 0.25) is 5.91 Å². The summed E-state index contributed by atoms with van der Waals surface area (Å²) in [7, 11) is 0. The Morgan fingerprint density at radius 1 is 1.36 bits per heavy atom. The molecule has 0 aliphatic carbocycles. The number of nitrogens with one attached hydrogen (secondary N) is 1. The highest BCUT2D eigenvalue weighted by molar-refractivity contribution is 5.91. The lowest BCUT2D eigenvalue weighted by molar-refractivity contribution is -0.172. The number of hydrogen-bond acceptors (Lipinski definition) is 4. The fourth-order valence-corrected chi connectivity index (χ4v) is 3.26. The number of carbonyl (C=O) groups excluding carboxylic acids is 2. The van der Waals surface area contributed by atoms with Crippen molar-refractivity contribution in [2.45, 2.75) is 59.0 Å². The molecule has 2 aliphatic rings. The van der Waals surface area contributed by atoms with E-state index in [1.54, 1.807) is 5.01 Å². The van der Waals surface area contributed by atoms with Crippen molar-refractivity contribution in [2.24, 2.45) is 11.8 Å². The molecule has 1 N–H and O–H groups in total. The third-order valence-electron chi connectivity index (χ3n) is 4.49. The molecule has 22 heavy (non-hydrogen) atoms. The van der Waals surface area contributed by atoms with Crippen LogP contribution in [0.5, 0.6) is 0 Å². The molecule has 0 aromatic carbocycles. The summed E-state index contributed by atoms with van der Waals surface area (Å²) in [5.41, 5.74) is 0.955. The molecule has 0 spiro atoms. The Labute approximate surface area is 133 Å². The maximum atomic E-state index is 12.9. The number of hydrazine groups is 1. The number of hydrogen-bond donors (Lipinski definition) is 1. The van der Waals surface area contributed by atoms with E-state index in [4.69, 9.17) is 0 Å². The van der Waals surface area contributed by atoms with Crippen LogP contribution in [0.3, 0.4) is 0 Å². The van der Waals surface area contributed by atoms with E-state index in [-0.39, 0.29) is 29.6 Å². The first-order chi connectivity index (χ1) is 10.3. The summed E-state index contributed by atoms with van der Waals surface area (Å²) in [5, 5.41) is 7.00. The van der Waals surface area contributed by atoms with E-state index in [1.165, 1.54) is 0 Å². The van der Waals surface area contributed by atoms with E-state index in [2.05, 4.69) is 25.7 Å². The van der Waals surface area contributed by atoms with Gasteiger partial charge in [0, 0.05) is 37.2 Å². The summed E-state index contributed by atoms with van der Waals surface area (Å²) >= 11 is 0. The molecule has 1 amide bonds. The number of ketones is 1. The van der Waals surface area contributed by atoms with Gasteiger partial charge in [-0.1, -0.05) is 34.3 Å². The van der Waals surface area contributed by atoms with Gasteiger partial charge in [0.15, 0.2) is 5.78 Å². The Balaban J connectivity index is 2.20. The van der Waals surface area contributed by atoms with Crippen LogP contribution in [-0.2, 0) is 9.59 Å². The molecule has 0 aromatic rings. The number of carbonyl (C=O) groups is 2. The van der Waals surface area contributed by atoms with Crippen molar-refractivity contribution in [1.82, 2.24) is 15.3 Å². The smallest absolute Gasteiger partial charge is 0.246 e. The van der Waals surface area contributed by atoms with Crippen LogP contribution >= 0.6 is 0 Å². The van der Waals surface area contributed by atoms with Crippen molar-refractivity contribution in [3.63, 3.8) is 0 Å². The van der Waals surface area contributed by atoms with Crippen LogP contribution in [0.4, 0.5) is 0 Å². The maximum absolute atomic E-state index is 12.9. The average molecular weight is 307 g/mol. The normalized spacial score (nSPS) is 25.9. The first-order valence-electron chi connectivity index (χ1n) is 8.38. The molecule has 2 unspecified atom stereocenters. The highest BCUT2D eigenvalue weighted by Gasteiger charge is 2.44. The zero-order valence-electron chi connectivity index (χ0n) is 14.3. The lowest BCUT2D eigenvalue weighted by Crippen LogP contribution is -2.63. The number of rotatable bonds is 5. The molecule has 0 radical (unpaired) electrons. The van der Waals surface area contributed by atoms with Crippen molar-refractivity contribution in [1.29, 1.82) is 0 Å². The van der Waals surface area contributed by atoms with Crippen molar-refractivity contribution < 1.29 is 9.59 Å². The topological polar surface area (TPSA) is 52.7 Å². The molecule has 0 aromatic heterocycles. The quantitative estimate of drug-likeness (QED) is 0.843. The summed E-state index contributed by atoms with van der Waals surface area (Å²) in [5.74, 6) is 0.0504. The Bertz CT molecular complexity index is 459. The largest absolute Gasteiger partial charge is 0.314 e. The van der Waals surface area contributed by atoms with Crippen LogP contribution in [0, 0.1) is 11.8 Å². The molecule has 0 bridgehead atoms. The summed E-state index contributed by atoms with van der Waals surface area (Å²) in [6, 6.07) is 0.0217. The molecular formula is C17H29N3O2. The fourth-order valence-electron chi connectivity index (χ4n) is 3.26. The monoisotopic (exact) mass is 307 g/mol. The Morgan fingerprint density at radius 2 is 2.05 bits per heavy atom. The number of allylic oxidation sites excluding steroid dienone is 1. The van der Waals surface area contributed by atoms with Crippen LogP contribution < -0.4 is 5.32 Å². The predicted octanol–water partition coefficient (Wildman–Crippen LogP) is 1.95. The van der Waals surface area contributed by atoms with Gasteiger partial charge in [0.05, 0.1) is 5.92 Å². The lowest BCUT2D eigenvalue weighted by atomic mass is 9.91. The van der Waals surface area contributed by atoms with Gasteiger partial charge >= 0.3 is 0 Å². The van der Waals surface area contributed by atoms with Crippen LogP contribution in [0.25, 0.3) is 0 Å². The minimum atomic E-state index is -0.320. The van der Waals surface area contributed by atoms with E-state index in [1.807, 2.05) is 18.9 Å². The van der Waals surface area contributed by atoms with Gasteiger partial charge in [-0.05, 0) is 12.8 Å². The van der Waals surface area contributed by atoms with Gasteiger partial charge in [-0.15, -0.1) is 0 Å². The van der Waals surface area contributed by atoms with Gasteiger partial charge in [-0.25, -0.2) is 5.01 Å². The summed E-state index contributed by atoms with van der Waals surface area (Å²) in [6.45, 7) is 13.5. The second-order valence-corrected chi connectivity index (χ2v) is 7.05. The molecule has 2 saturated heterocycles. The molecule has 2 aliphatic heterocycles. The van der Waals surface area contributed by atoms with Crippen LogP contribution in [0.2, 0.25) is 0 Å². The number of fused-ring (bicyclic) bond motifs is 1. The molecule has 2 rings (SSSR count). The lowest BCUT2D eigenvalue weighted by Gasteiger charge is -2.50. The summed E-state index contributed by atoms with van der Waals surface area (Å²) in [6.07, 6.45) is 2.37. The van der Waals surface area contributed by atoms with Gasteiger partial charge < -0.3 is 5.32 Å². The van der Waals surface area contributed by atoms with Crippen molar-refractivity contribution in [3.8, 4) is 0 Å². The second kappa shape index (κ2) is 6.82. The Hall–Kier alpha value is -1.36. The number of amides is 1. The zero-order chi connectivity index (χ0) is 16.4. The van der Waals surface area contributed by atoms with E-state index in [0.29, 0.717) is 19.0 Å². The molecule has 2 heterocycles. The molecule has 2 fully saturated rings. The molecule has 5 heteroatoms. The summed E-state index contributed by atoms with van der Waals surface area (Å²) < 4.78 is 0. The first kappa shape index (κ1) is 17.0. The standard InChI is InChI=1S/C17H29N3O2/c1-11(2)16(21)15-7-6-8-19-13(5)9-14(10-18-12(3)4)17(22)20(15)19/h11-12,14-15,18H,5-10H2,1-4H3. The van der Waals surface area contributed by atoms with E-state index in [9.17, 15) is 9.59 Å². The van der Waals surface area contributed by atoms with E-state index < -0.39 is 0 Å². The van der Waals surface area contributed by atoms with Crippen molar-refractivity contribution in [3.05, 3.63) is 12.3 Å². The summed E-state index contributed by atoms with van der Waals surface area (Å²) in [4.78, 5) is 25.4. The SMILES string of the molecule is C=C1CC(CNC(C)C)C(=O)N2C(C(=O)C(C)C)CCCN12. The molecular weight excluding hydrogens is 278 g/mol. The third kappa shape index (κ3) is 3.35. The average Bonchev–Trinajstić information content (AvgIpc) is 2.47. The Morgan fingerprint density at radius 3 is 2.64 bits per heavy atom.